The molecular weight excluding hydrogens is 172 g/mol. The first-order valence-corrected chi connectivity index (χ1v) is 5.82. The zero-order valence-electron chi connectivity index (χ0n) is 9.21. The highest BCUT2D eigenvalue weighted by Gasteiger charge is 2.17. The molecule has 0 aliphatic heterocycles. The molecule has 1 aromatic rings. The van der Waals surface area contributed by atoms with Crippen LogP contribution in [0.4, 0.5) is 0 Å². The second-order valence-corrected chi connectivity index (χ2v) is 4.74. The molecule has 0 radical (unpaired) electrons. The van der Waals surface area contributed by atoms with Crippen molar-refractivity contribution in [1.82, 2.24) is 10.2 Å². The maximum atomic E-state index is 4.37. The minimum atomic E-state index is 0.545. The zero-order valence-corrected chi connectivity index (χ0v) is 9.21. The summed E-state index contributed by atoms with van der Waals surface area (Å²) in [4.78, 5) is 0. The summed E-state index contributed by atoms with van der Waals surface area (Å²) in [6.07, 6.45) is 6.89. The summed E-state index contributed by atoms with van der Waals surface area (Å²) < 4.78 is 0. The first-order chi connectivity index (χ1) is 6.77. The average molecular weight is 192 g/mol. The average Bonchev–Trinajstić information content (AvgIpc) is 2.68. The van der Waals surface area contributed by atoms with Crippen LogP contribution in [-0.4, -0.2) is 10.2 Å². The molecule has 0 bridgehead atoms. The van der Waals surface area contributed by atoms with Crippen LogP contribution in [0.5, 0.6) is 0 Å². The Kier molecular flexibility index (Phi) is 2.90. The Morgan fingerprint density at radius 2 is 2.00 bits per heavy atom. The van der Waals surface area contributed by atoms with Gasteiger partial charge in [0.1, 0.15) is 0 Å². The Balaban J connectivity index is 2.07. The molecule has 0 aromatic carbocycles. The zero-order chi connectivity index (χ0) is 9.97. The Hall–Kier alpha value is -0.790. The Morgan fingerprint density at radius 1 is 1.29 bits per heavy atom. The highest BCUT2D eigenvalue weighted by Crippen LogP contribution is 2.32. The van der Waals surface area contributed by atoms with Gasteiger partial charge in [-0.15, -0.1) is 0 Å². The first-order valence-electron chi connectivity index (χ1n) is 5.82. The van der Waals surface area contributed by atoms with E-state index in [1.165, 1.54) is 43.5 Å². The largest absolute Gasteiger partial charge is 0.282 e. The highest BCUT2D eigenvalue weighted by atomic mass is 15.1. The third-order valence-corrected chi connectivity index (χ3v) is 3.25. The highest BCUT2D eigenvalue weighted by molar-refractivity contribution is 5.16. The molecule has 1 saturated carbocycles. The van der Waals surface area contributed by atoms with E-state index in [-0.39, 0.29) is 0 Å². The normalized spacial score (nSPS) is 19.1. The van der Waals surface area contributed by atoms with Gasteiger partial charge in [-0.1, -0.05) is 33.1 Å². The van der Waals surface area contributed by atoms with Gasteiger partial charge >= 0.3 is 0 Å². The summed E-state index contributed by atoms with van der Waals surface area (Å²) in [6, 6.07) is 2.26. The third-order valence-electron chi connectivity index (χ3n) is 3.25. The third kappa shape index (κ3) is 1.99. The van der Waals surface area contributed by atoms with Crippen LogP contribution in [0.25, 0.3) is 0 Å². The molecular formula is C12H20N2. The minimum absolute atomic E-state index is 0.545. The topological polar surface area (TPSA) is 28.7 Å². The molecule has 14 heavy (non-hydrogen) atoms. The molecule has 1 heterocycles. The maximum absolute atomic E-state index is 4.37. The second kappa shape index (κ2) is 4.16. The molecule has 2 nitrogen and oxygen atoms in total. The molecule has 1 N–H and O–H groups in total. The van der Waals surface area contributed by atoms with Gasteiger partial charge in [0, 0.05) is 11.6 Å². The van der Waals surface area contributed by atoms with Crippen molar-refractivity contribution in [2.75, 3.05) is 0 Å². The molecule has 2 heteroatoms. The van der Waals surface area contributed by atoms with Gasteiger partial charge in [0.2, 0.25) is 0 Å². The molecule has 2 rings (SSSR count). The van der Waals surface area contributed by atoms with Crippen LogP contribution in [0.2, 0.25) is 0 Å². The van der Waals surface area contributed by atoms with Crippen molar-refractivity contribution in [3.8, 4) is 0 Å². The van der Waals surface area contributed by atoms with Gasteiger partial charge in [0.15, 0.2) is 0 Å². The summed E-state index contributed by atoms with van der Waals surface area (Å²) in [7, 11) is 0. The van der Waals surface area contributed by atoms with Crippen molar-refractivity contribution in [3.05, 3.63) is 17.5 Å². The molecule has 1 aliphatic rings. The van der Waals surface area contributed by atoms with Gasteiger partial charge in [-0.05, 0) is 24.8 Å². The number of hydrogen-bond acceptors (Lipinski definition) is 1. The fraction of sp³-hybridized carbons (Fsp3) is 0.750. The first kappa shape index (κ1) is 9.75. The lowest BCUT2D eigenvalue weighted by Gasteiger charge is -2.19. The van der Waals surface area contributed by atoms with Gasteiger partial charge in [-0.2, -0.15) is 5.10 Å². The van der Waals surface area contributed by atoms with Crippen molar-refractivity contribution in [1.29, 1.82) is 0 Å². The van der Waals surface area contributed by atoms with Crippen molar-refractivity contribution < 1.29 is 0 Å². The fourth-order valence-electron chi connectivity index (χ4n) is 2.27. The molecule has 1 aromatic heterocycles. The molecule has 0 amide bonds. The van der Waals surface area contributed by atoms with Crippen LogP contribution in [0.3, 0.4) is 0 Å². The summed E-state index contributed by atoms with van der Waals surface area (Å²) >= 11 is 0. The van der Waals surface area contributed by atoms with Crippen molar-refractivity contribution in [2.45, 2.75) is 57.8 Å². The van der Waals surface area contributed by atoms with E-state index < -0.39 is 0 Å². The Labute approximate surface area is 86.1 Å². The number of H-pyrrole nitrogens is 1. The standard InChI is InChI=1S/C12H20N2/c1-9(2)11-8-12(14-13-11)10-6-4-3-5-7-10/h8-10H,3-7H2,1-2H3,(H,13,14). The fourth-order valence-corrected chi connectivity index (χ4v) is 2.27. The summed E-state index contributed by atoms with van der Waals surface area (Å²) in [6.45, 7) is 4.39. The van der Waals surface area contributed by atoms with Crippen molar-refractivity contribution >= 4 is 0 Å². The minimum Gasteiger partial charge on any atom is -0.282 e. The predicted molar refractivity (Wildman–Crippen MR) is 58.5 cm³/mol. The lowest BCUT2D eigenvalue weighted by molar-refractivity contribution is 0.436. The van der Waals surface area contributed by atoms with Crippen LogP contribution in [0.1, 0.15) is 69.2 Å². The van der Waals surface area contributed by atoms with E-state index in [4.69, 9.17) is 0 Å². The summed E-state index contributed by atoms with van der Waals surface area (Å²) in [5.74, 6) is 1.30. The molecule has 78 valence electrons. The SMILES string of the molecule is CC(C)c1cc(C2CCCCC2)[nH]n1. The van der Waals surface area contributed by atoms with E-state index >= 15 is 0 Å². The lowest BCUT2D eigenvalue weighted by Crippen LogP contribution is -2.04. The van der Waals surface area contributed by atoms with Crippen LogP contribution >= 0.6 is 0 Å². The van der Waals surface area contributed by atoms with E-state index in [1.807, 2.05) is 0 Å². The van der Waals surface area contributed by atoms with Crippen LogP contribution in [0, 0.1) is 0 Å². The molecule has 1 fully saturated rings. The number of nitrogens with one attached hydrogen (secondary N) is 1. The summed E-state index contributed by atoms with van der Waals surface area (Å²) in [5.41, 5.74) is 2.58. The number of aromatic amines is 1. The molecule has 0 atom stereocenters. The molecule has 0 saturated heterocycles. The monoisotopic (exact) mass is 192 g/mol. The van der Waals surface area contributed by atoms with E-state index in [0.717, 1.165) is 5.92 Å². The van der Waals surface area contributed by atoms with Crippen LogP contribution in [-0.2, 0) is 0 Å². The molecule has 0 spiro atoms. The van der Waals surface area contributed by atoms with Gasteiger partial charge in [0.05, 0.1) is 5.69 Å². The van der Waals surface area contributed by atoms with Crippen LogP contribution < -0.4 is 0 Å². The Morgan fingerprint density at radius 3 is 2.57 bits per heavy atom. The van der Waals surface area contributed by atoms with Crippen molar-refractivity contribution in [2.24, 2.45) is 0 Å². The molecule has 0 unspecified atom stereocenters. The number of hydrogen-bond donors (Lipinski definition) is 1. The van der Waals surface area contributed by atoms with Crippen molar-refractivity contribution in [3.63, 3.8) is 0 Å². The smallest absolute Gasteiger partial charge is 0.0650 e. The number of nitrogens with zero attached hydrogens (tertiary/aromatic N) is 1. The second-order valence-electron chi connectivity index (χ2n) is 4.74. The predicted octanol–water partition coefficient (Wildman–Crippen LogP) is 3.58. The maximum Gasteiger partial charge on any atom is 0.0650 e. The van der Waals surface area contributed by atoms with E-state index in [2.05, 4.69) is 30.1 Å². The van der Waals surface area contributed by atoms with Crippen LogP contribution in [0.15, 0.2) is 6.07 Å². The van der Waals surface area contributed by atoms with Gasteiger partial charge in [-0.25, -0.2) is 0 Å². The lowest BCUT2D eigenvalue weighted by atomic mass is 9.87. The van der Waals surface area contributed by atoms with E-state index in [0.29, 0.717) is 5.92 Å². The number of aromatic nitrogens is 2. The molecule has 1 aliphatic carbocycles. The number of rotatable bonds is 2. The van der Waals surface area contributed by atoms with Gasteiger partial charge in [0.25, 0.3) is 0 Å². The Bertz CT molecular complexity index is 282. The van der Waals surface area contributed by atoms with E-state index in [9.17, 15) is 0 Å². The quantitative estimate of drug-likeness (QED) is 0.762. The van der Waals surface area contributed by atoms with E-state index in [1.54, 1.807) is 0 Å². The van der Waals surface area contributed by atoms with Gasteiger partial charge in [-0.3, -0.25) is 5.10 Å². The van der Waals surface area contributed by atoms with Gasteiger partial charge < -0.3 is 0 Å². The summed E-state index contributed by atoms with van der Waals surface area (Å²) in [5, 5.41) is 7.57.